The molecule has 0 bridgehead atoms. The van der Waals surface area contributed by atoms with E-state index in [2.05, 4.69) is 10.4 Å². The standard InChI is InChI=1S/C12H13N5O/c1-3-14-11-15-16(2)12(18)17(11)10-6-4-9(8-13)5-7-10/h4-7H,3H2,1-2H3,(H,14,15). The highest BCUT2D eigenvalue weighted by molar-refractivity contribution is 5.44. The summed E-state index contributed by atoms with van der Waals surface area (Å²) < 4.78 is 2.75. The molecule has 1 aromatic heterocycles. The van der Waals surface area contributed by atoms with Gasteiger partial charge in [-0.05, 0) is 31.2 Å². The molecule has 0 radical (unpaired) electrons. The molecule has 0 fully saturated rings. The summed E-state index contributed by atoms with van der Waals surface area (Å²) in [5.74, 6) is 0.495. The molecule has 0 aliphatic carbocycles. The second-order valence-electron chi connectivity index (χ2n) is 3.75. The van der Waals surface area contributed by atoms with Gasteiger partial charge < -0.3 is 5.32 Å². The fraction of sp³-hybridized carbons (Fsp3) is 0.250. The molecule has 0 spiro atoms. The van der Waals surface area contributed by atoms with E-state index in [4.69, 9.17) is 5.26 Å². The molecule has 6 nitrogen and oxygen atoms in total. The number of hydrogen-bond donors (Lipinski definition) is 1. The number of hydrogen-bond acceptors (Lipinski definition) is 4. The van der Waals surface area contributed by atoms with Crippen molar-refractivity contribution in [3.8, 4) is 11.8 Å². The first-order valence-corrected chi connectivity index (χ1v) is 5.58. The van der Waals surface area contributed by atoms with Crippen molar-refractivity contribution < 1.29 is 0 Å². The minimum atomic E-state index is -0.226. The van der Waals surface area contributed by atoms with E-state index in [0.29, 0.717) is 23.7 Å². The Morgan fingerprint density at radius 1 is 1.39 bits per heavy atom. The van der Waals surface area contributed by atoms with Crippen LogP contribution in [0.2, 0.25) is 0 Å². The van der Waals surface area contributed by atoms with Gasteiger partial charge in [-0.1, -0.05) is 0 Å². The second kappa shape index (κ2) is 4.75. The Bertz CT molecular complexity index is 645. The molecular weight excluding hydrogens is 230 g/mol. The van der Waals surface area contributed by atoms with Gasteiger partial charge in [0, 0.05) is 13.6 Å². The molecule has 6 heteroatoms. The monoisotopic (exact) mass is 243 g/mol. The van der Waals surface area contributed by atoms with Gasteiger partial charge in [-0.3, -0.25) is 0 Å². The van der Waals surface area contributed by atoms with E-state index in [1.165, 1.54) is 9.25 Å². The Morgan fingerprint density at radius 3 is 2.61 bits per heavy atom. The summed E-state index contributed by atoms with van der Waals surface area (Å²) in [6.07, 6.45) is 0. The van der Waals surface area contributed by atoms with Crippen LogP contribution in [-0.2, 0) is 7.05 Å². The number of rotatable bonds is 3. The van der Waals surface area contributed by atoms with Gasteiger partial charge in [0.15, 0.2) is 0 Å². The van der Waals surface area contributed by atoms with Crippen LogP contribution in [0.25, 0.3) is 5.69 Å². The van der Waals surface area contributed by atoms with Crippen LogP contribution in [0, 0.1) is 11.3 Å². The third-order valence-corrected chi connectivity index (χ3v) is 2.51. The number of nitriles is 1. The largest absolute Gasteiger partial charge is 0.354 e. The first-order valence-electron chi connectivity index (χ1n) is 5.58. The van der Waals surface area contributed by atoms with Crippen LogP contribution in [0.5, 0.6) is 0 Å². The van der Waals surface area contributed by atoms with Crippen LogP contribution in [0.15, 0.2) is 29.1 Å². The highest BCUT2D eigenvalue weighted by Gasteiger charge is 2.11. The normalized spacial score (nSPS) is 10.1. The van der Waals surface area contributed by atoms with Gasteiger partial charge in [0.1, 0.15) is 0 Å². The molecule has 0 saturated heterocycles. The van der Waals surface area contributed by atoms with E-state index in [0.717, 1.165) is 0 Å². The maximum Gasteiger partial charge on any atom is 0.351 e. The number of nitrogens with zero attached hydrogens (tertiary/aromatic N) is 4. The molecule has 1 aromatic carbocycles. The summed E-state index contributed by atoms with van der Waals surface area (Å²) in [5, 5.41) is 15.9. The number of aryl methyl sites for hydroxylation is 1. The predicted octanol–water partition coefficient (Wildman–Crippen LogP) is 0.874. The molecule has 2 aromatic rings. The van der Waals surface area contributed by atoms with Crippen LogP contribution >= 0.6 is 0 Å². The average molecular weight is 243 g/mol. The van der Waals surface area contributed by atoms with Crippen molar-refractivity contribution in [1.82, 2.24) is 14.3 Å². The highest BCUT2D eigenvalue weighted by atomic mass is 16.2. The Labute approximate surface area is 104 Å². The van der Waals surface area contributed by atoms with E-state index in [9.17, 15) is 4.79 Å². The van der Waals surface area contributed by atoms with Gasteiger partial charge >= 0.3 is 5.69 Å². The molecule has 18 heavy (non-hydrogen) atoms. The van der Waals surface area contributed by atoms with Crippen molar-refractivity contribution in [3.63, 3.8) is 0 Å². The average Bonchev–Trinajstić information content (AvgIpc) is 2.66. The van der Waals surface area contributed by atoms with Crippen LogP contribution in [0.3, 0.4) is 0 Å². The fourth-order valence-electron chi connectivity index (χ4n) is 1.66. The minimum Gasteiger partial charge on any atom is -0.354 e. The van der Waals surface area contributed by atoms with Crippen molar-refractivity contribution in [3.05, 3.63) is 40.3 Å². The Balaban J connectivity index is 2.55. The van der Waals surface area contributed by atoms with Crippen LogP contribution in [0.4, 0.5) is 5.95 Å². The Kier molecular flexibility index (Phi) is 3.15. The van der Waals surface area contributed by atoms with Gasteiger partial charge in [0.2, 0.25) is 5.95 Å². The maximum atomic E-state index is 12.0. The SMILES string of the molecule is CCNc1nn(C)c(=O)n1-c1ccc(C#N)cc1. The second-order valence-corrected chi connectivity index (χ2v) is 3.75. The van der Waals surface area contributed by atoms with Gasteiger partial charge in [-0.25, -0.2) is 14.0 Å². The van der Waals surface area contributed by atoms with E-state index in [-0.39, 0.29) is 5.69 Å². The highest BCUT2D eigenvalue weighted by Crippen LogP contribution is 2.11. The van der Waals surface area contributed by atoms with Gasteiger partial charge in [0.05, 0.1) is 17.3 Å². The zero-order valence-electron chi connectivity index (χ0n) is 10.2. The van der Waals surface area contributed by atoms with Crippen molar-refractivity contribution in [2.75, 3.05) is 11.9 Å². The number of aromatic nitrogens is 3. The molecule has 0 amide bonds. The Morgan fingerprint density at radius 2 is 2.06 bits per heavy atom. The summed E-state index contributed by atoms with van der Waals surface area (Å²) in [6.45, 7) is 2.61. The molecule has 1 N–H and O–H groups in total. The van der Waals surface area contributed by atoms with Crippen molar-refractivity contribution in [1.29, 1.82) is 5.26 Å². The topological polar surface area (TPSA) is 75.6 Å². The summed E-state index contributed by atoms with van der Waals surface area (Å²) in [7, 11) is 1.60. The summed E-state index contributed by atoms with van der Waals surface area (Å²) in [5.41, 5.74) is 1.01. The quantitative estimate of drug-likeness (QED) is 0.868. The van der Waals surface area contributed by atoms with Crippen LogP contribution < -0.4 is 11.0 Å². The van der Waals surface area contributed by atoms with Crippen molar-refractivity contribution in [2.24, 2.45) is 7.05 Å². The first-order chi connectivity index (χ1) is 8.67. The molecule has 1 heterocycles. The third kappa shape index (κ3) is 1.98. The lowest BCUT2D eigenvalue weighted by Crippen LogP contribution is -2.22. The molecule has 2 rings (SSSR count). The number of benzene rings is 1. The van der Waals surface area contributed by atoms with Gasteiger partial charge in [0.25, 0.3) is 0 Å². The summed E-state index contributed by atoms with van der Waals surface area (Å²) in [6, 6.07) is 8.83. The van der Waals surface area contributed by atoms with E-state index < -0.39 is 0 Å². The molecule has 0 aliphatic heterocycles. The number of nitrogens with one attached hydrogen (secondary N) is 1. The molecule has 0 unspecified atom stereocenters. The maximum absolute atomic E-state index is 12.0. The summed E-state index contributed by atoms with van der Waals surface area (Å²) in [4.78, 5) is 12.0. The fourth-order valence-corrected chi connectivity index (χ4v) is 1.66. The molecule has 0 aliphatic rings. The first kappa shape index (κ1) is 11.9. The lowest BCUT2D eigenvalue weighted by Gasteiger charge is -2.05. The molecular formula is C12H13N5O. The minimum absolute atomic E-state index is 0.226. The molecule has 0 atom stereocenters. The molecule has 0 saturated carbocycles. The van der Waals surface area contributed by atoms with E-state index in [1.807, 2.05) is 13.0 Å². The zero-order valence-corrected chi connectivity index (χ0v) is 10.2. The van der Waals surface area contributed by atoms with Crippen LogP contribution in [-0.4, -0.2) is 20.9 Å². The van der Waals surface area contributed by atoms with E-state index >= 15 is 0 Å². The van der Waals surface area contributed by atoms with Gasteiger partial charge in [-0.2, -0.15) is 5.26 Å². The smallest absolute Gasteiger partial charge is 0.351 e. The summed E-state index contributed by atoms with van der Waals surface area (Å²) >= 11 is 0. The predicted molar refractivity (Wildman–Crippen MR) is 67.7 cm³/mol. The van der Waals surface area contributed by atoms with Gasteiger partial charge in [-0.15, -0.1) is 5.10 Å². The lowest BCUT2D eigenvalue weighted by atomic mass is 10.2. The number of anilines is 1. The lowest BCUT2D eigenvalue weighted by molar-refractivity contribution is 0.726. The van der Waals surface area contributed by atoms with E-state index in [1.54, 1.807) is 31.3 Å². The zero-order chi connectivity index (χ0) is 13.1. The van der Waals surface area contributed by atoms with Crippen molar-refractivity contribution in [2.45, 2.75) is 6.92 Å². The third-order valence-electron chi connectivity index (χ3n) is 2.51. The molecule has 92 valence electrons. The van der Waals surface area contributed by atoms with Crippen molar-refractivity contribution >= 4 is 5.95 Å². The van der Waals surface area contributed by atoms with Crippen LogP contribution in [0.1, 0.15) is 12.5 Å². The Hall–Kier alpha value is -2.55.